The maximum atomic E-state index is 12.7. The van der Waals surface area contributed by atoms with Crippen LogP contribution in [0.1, 0.15) is 25.0 Å². The molecule has 24 heavy (non-hydrogen) atoms. The zero-order valence-corrected chi connectivity index (χ0v) is 12.7. The maximum absolute atomic E-state index is 12.7. The summed E-state index contributed by atoms with van der Waals surface area (Å²) >= 11 is 0. The number of nitrogens with zero attached hydrogens (tertiary/aromatic N) is 2. The van der Waals surface area contributed by atoms with E-state index in [1.165, 1.54) is 19.9 Å². The van der Waals surface area contributed by atoms with Gasteiger partial charge in [-0.15, -0.1) is 0 Å². The Kier molecular flexibility index (Phi) is 5.35. The van der Waals surface area contributed by atoms with Crippen molar-refractivity contribution in [2.24, 2.45) is 5.41 Å². The largest absolute Gasteiger partial charge is 0.514 e. The van der Waals surface area contributed by atoms with Crippen LogP contribution in [0.25, 0.3) is 0 Å². The molecule has 0 saturated carbocycles. The number of nitriles is 1. The van der Waals surface area contributed by atoms with Crippen molar-refractivity contribution in [2.75, 3.05) is 0 Å². The highest BCUT2D eigenvalue weighted by Gasteiger charge is 2.36. The molecule has 0 radical (unpaired) electrons. The SMILES string of the molecule is CC(C)(Cc1ccc(C(F)(F)F)cc1[N+](=O)[O-])C(=O)C(C#N)=CO. The quantitative estimate of drug-likeness (QED) is 0.289. The topological polar surface area (TPSA) is 104 Å². The van der Waals surface area contributed by atoms with Crippen molar-refractivity contribution in [2.45, 2.75) is 26.4 Å². The Labute approximate surface area is 135 Å². The summed E-state index contributed by atoms with van der Waals surface area (Å²) in [5.74, 6) is -0.776. The molecule has 0 aliphatic heterocycles. The van der Waals surface area contributed by atoms with E-state index in [1.54, 1.807) is 0 Å². The van der Waals surface area contributed by atoms with Crippen molar-refractivity contribution in [3.8, 4) is 6.07 Å². The molecular weight excluding hydrogens is 329 g/mol. The molecule has 128 valence electrons. The van der Waals surface area contributed by atoms with Crippen LogP contribution in [0, 0.1) is 26.9 Å². The molecule has 6 nitrogen and oxygen atoms in total. The van der Waals surface area contributed by atoms with Gasteiger partial charge in [-0.05, 0) is 12.5 Å². The lowest BCUT2D eigenvalue weighted by molar-refractivity contribution is -0.385. The molecule has 1 aromatic rings. The van der Waals surface area contributed by atoms with Crippen LogP contribution < -0.4 is 0 Å². The van der Waals surface area contributed by atoms with Crippen LogP contribution >= 0.6 is 0 Å². The summed E-state index contributed by atoms with van der Waals surface area (Å²) in [6.07, 6.45) is -4.69. The average molecular weight is 342 g/mol. The van der Waals surface area contributed by atoms with Crippen LogP contribution in [-0.4, -0.2) is 15.8 Å². The number of nitro groups is 1. The number of carbonyl (C=O) groups is 1. The first kappa shape index (κ1) is 19.2. The van der Waals surface area contributed by atoms with Gasteiger partial charge in [-0.3, -0.25) is 14.9 Å². The van der Waals surface area contributed by atoms with Crippen molar-refractivity contribution >= 4 is 11.5 Å². The van der Waals surface area contributed by atoms with Gasteiger partial charge in [0.1, 0.15) is 17.9 Å². The molecule has 0 fully saturated rings. The predicted molar refractivity (Wildman–Crippen MR) is 76.9 cm³/mol. The Morgan fingerprint density at radius 1 is 1.42 bits per heavy atom. The van der Waals surface area contributed by atoms with Crippen LogP contribution in [0.15, 0.2) is 30.0 Å². The third kappa shape index (κ3) is 4.10. The Morgan fingerprint density at radius 3 is 2.42 bits per heavy atom. The van der Waals surface area contributed by atoms with E-state index in [9.17, 15) is 28.1 Å². The molecule has 0 spiro atoms. The van der Waals surface area contributed by atoms with E-state index in [1.807, 2.05) is 0 Å². The number of aliphatic hydroxyl groups excluding tert-OH is 1. The minimum atomic E-state index is -4.73. The van der Waals surface area contributed by atoms with Gasteiger partial charge in [0.15, 0.2) is 5.78 Å². The van der Waals surface area contributed by atoms with E-state index in [4.69, 9.17) is 10.4 Å². The number of hydrogen-bond donors (Lipinski definition) is 1. The van der Waals surface area contributed by atoms with Gasteiger partial charge in [0.25, 0.3) is 5.69 Å². The monoisotopic (exact) mass is 342 g/mol. The normalized spacial score (nSPS) is 12.6. The zero-order chi connectivity index (χ0) is 18.7. The summed E-state index contributed by atoms with van der Waals surface area (Å²) in [5, 5.41) is 28.7. The van der Waals surface area contributed by atoms with Crippen LogP contribution in [-0.2, 0) is 17.4 Å². The third-order valence-corrected chi connectivity index (χ3v) is 3.35. The summed E-state index contributed by atoms with van der Waals surface area (Å²) in [6.45, 7) is 2.75. The Hall–Kier alpha value is -2.89. The highest BCUT2D eigenvalue weighted by atomic mass is 19.4. The number of halogens is 3. The molecule has 0 aliphatic carbocycles. The Balaban J connectivity index is 3.31. The first-order valence-electron chi connectivity index (χ1n) is 6.58. The molecule has 1 N–H and O–H groups in total. The van der Waals surface area contributed by atoms with Crippen molar-refractivity contribution in [1.82, 2.24) is 0 Å². The summed E-state index contributed by atoms with van der Waals surface area (Å²) in [5.41, 5.74) is -3.90. The molecule has 0 aliphatic rings. The first-order valence-corrected chi connectivity index (χ1v) is 6.58. The number of Topliss-reactive ketones (excluding diaryl/α,β-unsaturated/α-hetero) is 1. The molecule has 0 atom stereocenters. The predicted octanol–water partition coefficient (Wildman–Crippen LogP) is 3.72. The molecule has 0 saturated heterocycles. The van der Waals surface area contributed by atoms with Crippen molar-refractivity contribution in [1.29, 1.82) is 5.26 Å². The highest BCUT2D eigenvalue weighted by molar-refractivity contribution is 6.02. The zero-order valence-electron chi connectivity index (χ0n) is 12.7. The van der Waals surface area contributed by atoms with Crippen LogP contribution in [0.3, 0.4) is 0 Å². The highest BCUT2D eigenvalue weighted by Crippen LogP contribution is 2.36. The third-order valence-electron chi connectivity index (χ3n) is 3.35. The summed E-state index contributed by atoms with van der Waals surface area (Å²) in [6, 6.07) is 3.52. The average Bonchev–Trinajstić information content (AvgIpc) is 2.46. The molecule has 0 heterocycles. The molecule has 9 heteroatoms. The number of aliphatic hydroxyl groups is 1. The number of ketones is 1. The molecule has 0 bridgehead atoms. The fraction of sp³-hybridized carbons (Fsp3) is 0.333. The van der Waals surface area contributed by atoms with Crippen LogP contribution in [0.5, 0.6) is 0 Å². The summed E-state index contributed by atoms with van der Waals surface area (Å²) in [7, 11) is 0. The molecule has 0 unspecified atom stereocenters. The lowest BCUT2D eigenvalue weighted by atomic mass is 9.78. The molecule has 1 rings (SSSR count). The molecule has 0 aromatic heterocycles. The van der Waals surface area contributed by atoms with E-state index < -0.39 is 39.1 Å². The van der Waals surface area contributed by atoms with E-state index in [2.05, 4.69) is 0 Å². The molecule has 0 amide bonds. The van der Waals surface area contributed by atoms with E-state index in [-0.39, 0.29) is 12.0 Å². The van der Waals surface area contributed by atoms with Gasteiger partial charge < -0.3 is 5.11 Å². The van der Waals surface area contributed by atoms with Gasteiger partial charge in [-0.25, -0.2) is 0 Å². The smallest absolute Gasteiger partial charge is 0.416 e. The van der Waals surface area contributed by atoms with Crippen LogP contribution in [0.2, 0.25) is 0 Å². The second-order valence-corrected chi connectivity index (χ2v) is 5.64. The maximum Gasteiger partial charge on any atom is 0.416 e. The minimum Gasteiger partial charge on any atom is -0.514 e. The number of allylic oxidation sites excluding steroid dienone is 1. The van der Waals surface area contributed by atoms with E-state index >= 15 is 0 Å². The van der Waals surface area contributed by atoms with Crippen molar-refractivity contribution in [3.63, 3.8) is 0 Å². The fourth-order valence-electron chi connectivity index (χ4n) is 2.12. The number of carbonyl (C=O) groups excluding carboxylic acids is 1. The fourth-order valence-corrected chi connectivity index (χ4v) is 2.12. The number of rotatable bonds is 5. The summed E-state index contributed by atoms with van der Waals surface area (Å²) in [4.78, 5) is 22.2. The number of alkyl halides is 3. The lowest BCUT2D eigenvalue weighted by Gasteiger charge is -2.22. The second-order valence-electron chi connectivity index (χ2n) is 5.64. The summed E-state index contributed by atoms with van der Waals surface area (Å²) < 4.78 is 38.0. The first-order chi connectivity index (χ1) is 10.9. The Morgan fingerprint density at radius 2 is 2.00 bits per heavy atom. The van der Waals surface area contributed by atoms with Gasteiger partial charge in [0.05, 0.1) is 10.5 Å². The molecular formula is C15H13F3N2O4. The van der Waals surface area contributed by atoms with Crippen molar-refractivity contribution in [3.05, 3.63) is 51.3 Å². The minimum absolute atomic E-state index is 0.0819. The number of benzene rings is 1. The van der Waals surface area contributed by atoms with E-state index in [0.29, 0.717) is 18.4 Å². The molecule has 1 aromatic carbocycles. The van der Waals surface area contributed by atoms with Gasteiger partial charge in [0.2, 0.25) is 0 Å². The van der Waals surface area contributed by atoms with Gasteiger partial charge >= 0.3 is 6.18 Å². The van der Waals surface area contributed by atoms with E-state index in [0.717, 1.165) is 6.07 Å². The standard InChI is InChI=1S/C15H13F3N2O4/c1-14(2,13(22)10(7-19)8-21)6-9-3-4-11(15(16,17)18)5-12(9)20(23)24/h3-5,8,21H,6H2,1-2H3. The van der Waals surface area contributed by atoms with Crippen LogP contribution in [0.4, 0.5) is 18.9 Å². The van der Waals surface area contributed by atoms with Gasteiger partial charge in [-0.1, -0.05) is 19.9 Å². The lowest BCUT2D eigenvalue weighted by Crippen LogP contribution is -2.28. The number of hydrogen-bond acceptors (Lipinski definition) is 5. The van der Waals surface area contributed by atoms with Crippen molar-refractivity contribution < 1.29 is 28.0 Å². The second kappa shape index (κ2) is 6.70. The van der Waals surface area contributed by atoms with Gasteiger partial charge in [0, 0.05) is 17.0 Å². The van der Waals surface area contributed by atoms with Gasteiger partial charge in [-0.2, -0.15) is 18.4 Å². The Bertz CT molecular complexity index is 746. The number of nitro benzene ring substituents is 1.